The summed E-state index contributed by atoms with van der Waals surface area (Å²) in [5.41, 5.74) is 2.36. The van der Waals surface area contributed by atoms with E-state index < -0.39 is 11.5 Å². The fourth-order valence-electron chi connectivity index (χ4n) is 2.89. The van der Waals surface area contributed by atoms with Crippen molar-refractivity contribution in [3.05, 3.63) is 44.4 Å². The first-order chi connectivity index (χ1) is 11.5. The fourth-order valence-corrected chi connectivity index (χ4v) is 4.47. The van der Waals surface area contributed by atoms with Crippen molar-refractivity contribution in [3.63, 3.8) is 0 Å². The third-order valence-electron chi connectivity index (χ3n) is 4.63. The Morgan fingerprint density at radius 1 is 1.36 bits per heavy atom. The van der Waals surface area contributed by atoms with E-state index in [1.807, 2.05) is 18.0 Å². The van der Waals surface area contributed by atoms with Crippen molar-refractivity contribution in [1.82, 2.24) is 15.4 Å². The molecule has 25 heavy (non-hydrogen) atoms. The van der Waals surface area contributed by atoms with Gasteiger partial charge in [-0.2, -0.15) is 5.01 Å². The van der Waals surface area contributed by atoms with Gasteiger partial charge in [0, 0.05) is 12.3 Å². The lowest BCUT2D eigenvalue weighted by Gasteiger charge is -2.49. The minimum atomic E-state index is -0.740. The fraction of sp³-hybridized carbons (Fsp3) is 0.529. The monoisotopic (exact) mass is 475 g/mol. The zero-order valence-corrected chi connectivity index (χ0v) is 18.1. The van der Waals surface area contributed by atoms with E-state index in [9.17, 15) is 9.59 Å². The van der Waals surface area contributed by atoms with Crippen LogP contribution in [0.2, 0.25) is 0 Å². The number of ether oxygens (including phenoxy) is 1. The van der Waals surface area contributed by atoms with Crippen molar-refractivity contribution < 1.29 is 9.53 Å². The highest BCUT2D eigenvalue weighted by molar-refractivity contribution is 9.12. The molecule has 138 valence electrons. The maximum atomic E-state index is 12.5. The van der Waals surface area contributed by atoms with Gasteiger partial charge >= 0.3 is 5.97 Å². The highest BCUT2D eigenvalue weighted by atomic mass is 79.9. The standard InChI is InChI=1S/C17H23Br2N3O3/c1-6-25-15(24)13-10(23)7-8-20-14(13)17(5,16(2,3)4)22-12(19)9-11(18)21-22/h7-9,12,21H,6H2,1-5H3,(H,20,23)/t12?,17-/m0/s1. The second-order valence-corrected chi connectivity index (χ2v) is 8.80. The summed E-state index contributed by atoms with van der Waals surface area (Å²) < 4.78 is 5.94. The predicted molar refractivity (Wildman–Crippen MR) is 105 cm³/mol. The van der Waals surface area contributed by atoms with Gasteiger partial charge in [-0.25, -0.2) is 4.79 Å². The average Bonchev–Trinajstić information content (AvgIpc) is 2.84. The Morgan fingerprint density at radius 2 is 2.00 bits per heavy atom. The molecule has 2 rings (SSSR count). The second-order valence-electron chi connectivity index (χ2n) is 7.00. The maximum Gasteiger partial charge on any atom is 0.343 e. The number of nitrogens with zero attached hydrogens (tertiary/aromatic N) is 1. The van der Waals surface area contributed by atoms with Crippen molar-refractivity contribution in [2.45, 2.75) is 45.1 Å². The number of hydrogen-bond donors (Lipinski definition) is 2. The number of hydrazine groups is 1. The van der Waals surface area contributed by atoms with Gasteiger partial charge in [-0.1, -0.05) is 36.7 Å². The summed E-state index contributed by atoms with van der Waals surface area (Å²) in [4.78, 5) is 28.0. The van der Waals surface area contributed by atoms with Crippen LogP contribution >= 0.6 is 31.9 Å². The number of rotatable bonds is 4. The van der Waals surface area contributed by atoms with Crippen molar-refractivity contribution in [2.24, 2.45) is 5.41 Å². The van der Waals surface area contributed by atoms with E-state index in [2.05, 4.69) is 63.0 Å². The number of H-pyrrole nitrogens is 1. The number of esters is 1. The molecule has 0 spiro atoms. The van der Waals surface area contributed by atoms with Crippen molar-refractivity contribution in [1.29, 1.82) is 0 Å². The van der Waals surface area contributed by atoms with E-state index in [4.69, 9.17) is 4.74 Å². The topological polar surface area (TPSA) is 74.4 Å². The number of aromatic amines is 1. The minimum absolute atomic E-state index is 0.0336. The molecule has 2 atom stereocenters. The molecule has 0 aliphatic carbocycles. The Balaban J connectivity index is 2.71. The number of aromatic nitrogens is 1. The summed E-state index contributed by atoms with van der Waals surface area (Å²) in [7, 11) is 0. The van der Waals surface area contributed by atoms with E-state index in [-0.39, 0.29) is 28.0 Å². The Hall–Kier alpha value is -1.12. The Bertz CT molecular complexity index is 754. The van der Waals surface area contributed by atoms with Gasteiger partial charge in [-0.3, -0.25) is 4.79 Å². The average molecular weight is 477 g/mol. The molecule has 1 aromatic rings. The smallest absolute Gasteiger partial charge is 0.343 e. The number of pyridine rings is 1. The first-order valence-corrected chi connectivity index (χ1v) is 9.71. The van der Waals surface area contributed by atoms with Gasteiger partial charge in [0.1, 0.15) is 10.5 Å². The van der Waals surface area contributed by atoms with Gasteiger partial charge in [0.25, 0.3) is 0 Å². The Labute approximate surface area is 164 Å². The first kappa shape index (κ1) is 20.2. The summed E-state index contributed by atoms with van der Waals surface area (Å²) in [6.07, 6.45) is 3.52. The van der Waals surface area contributed by atoms with Gasteiger partial charge in [-0.05, 0) is 41.3 Å². The molecule has 2 N–H and O–H groups in total. The van der Waals surface area contributed by atoms with E-state index in [1.54, 1.807) is 13.1 Å². The van der Waals surface area contributed by atoms with Crippen LogP contribution in [0.25, 0.3) is 0 Å². The SMILES string of the molecule is CCOC(=O)c1c([C@](C)(N2NC(Br)=CC2Br)C(C)(C)C)[nH]ccc1=O. The number of nitrogens with one attached hydrogen (secondary N) is 2. The largest absolute Gasteiger partial charge is 0.462 e. The molecule has 1 aromatic heterocycles. The number of carbonyl (C=O) groups is 1. The van der Waals surface area contributed by atoms with Crippen LogP contribution in [0.15, 0.2) is 27.7 Å². The molecule has 0 aromatic carbocycles. The van der Waals surface area contributed by atoms with E-state index >= 15 is 0 Å². The molecule has 0 radical (unpaired) electrons. The predicted octanol–water partition coefficient (Wildman–Crippen LogP) is 3.59. The van der Waals surface area contributed by atoms with Crippen molar-refractivity contribution in [2.75, 3.05) is 6.61 Å². The number of carbonyl (C=O) groups excluding carboxylic acids is 1. The Kier molecular flexibility index (Phi) is 5.85. The highest BCUT2D eigenvalue weighted by Crippen LogP contribution is 2.46. The molecular formula is C17H23Br2N3O3. The molecule has 1 unspecified atom stereocenters. The third-order valence-corrected chi connectivity index (χ3v) is 5.74. The van der Waals surface area contributed by atoms with Crippen LogP contribution in [0.5, 0.6) is 0 Å². The summed E-state index contributed by atoms with van der Waals surface area (Å²) in [5.74, 6) is -0.618. The summed E-state index contributed by atoms with van der Waals surface area (Å²) >= 11 is 7.08. The van der Waals surface area contributed by atoms with Crippen LogP contribution in [-0.4, -0.2) is 27.5 Å². The van der Waals surface area contributed by atoms with Gasteiger partial charge in [-0.15, -0.1) is 0 Å². The molecule has 0 bridgehead atoms. The van der Waals surface area contributed by atoms with E-state index in [1.165, 1.54) is 6.07 Å². The molecule has 6 nitrogen and oxygen atoms in total. The molecule has 2 heterocycles. The minimum Gasteiger partial charge on any atom is -0.462 e. The lowest BCUT2D eigenvalue weighted by molar-refractivity contribution is -0.0205. The van der Waals surface area contributed by atoms with E-state index in [0.29, 0.717) is 5.69 Å². The quantitative estimate of drug-likeness (QED) is 0.394. The molecule has 0 saturated carbocycles. The van der Waals surface area contributed by atoms with Crippen LogP contribution in [0.1, 0.15) is 50.7 Å². The van der Waals surface area contributed by atoms with Gasteiger partial charge < -0.3 is 15.1 Å². The highest BCUT2D eigenvalue weighted by Gasteiger charge is 2.51. The normalized spacial score (nSPS) is 20.6. The van der Waals surface area contributed by atoms with Gasteiger partial charge in [0.15, 0.2) is 5.43 Å². The third kappa shape index (κ3) is 3.57. The van der Waals surface area contributed by atoms with Crippen LogP contribution < -0.4 is 10.9 Å². The molecule has 1 aliphatic rings. The summed E-state index contributed by atoms with van der Waals surface area (Å²) in [6.45, 7) is 10.1. The van der Waals surface area contributed by atoms with Crippen molar-refractivity contribution >= 4 is 37.8 Å². The molecule has 0 fully saturated rings. The molecule has 0 saturated heterocycles. The molecule has 0 amide bonds. The first-order valence-electron chi connectivity index (χ1n) is 8.00. The van der Waals surface area contributed by atoms with Crippen LogP contribution in [-0.2, 0) is 10.3 Å². The maximum absolute atomic E-state index is 12.5. The second kappa shape index (κ2) is 7.25. The number of hydrogen-bond acceptors (Lipinski definition) is 5. The van der Waals surface area contributed by atoms with Crippen molar-refractivity contribution in [3.8, 4) is 0 Å². The lowest BCUT2D eigenvalue weighted by Crippen LogP contribution is -2.58. The molecule has 8 heteroatoms. The Morgan fingerprint density at radius 3 is 2.48 bits per heavy atom. The zero-order valence-electron chi connectivity index (χ0n) is 14.9. The van der Waals surface area contributed by atoms with Gasteiger partial charge in [0.2, 0.25) is 0 Å². The lowest BCUT2D eigenvalue weighted by atomic mass is 9.71. The van der Waals surface area contributed by atoms with E-state index in [0.717, 1.165) is 4.61 Å². The zero-order chi connectivity index (χ0) is 19.0. The summed E-state index contributed by atoms with van der Waals surface area (Å²) in [6, 6.07) is 1.34. The molecular weight excluding hydrogens is 454 g/mol. The van der Waals surface area contributed by atoms with Crippen LogP contribution in [0, 0.1) is 5.41 Å². The number of halogens is 2. The molecule has 1 aliphatic heterocycles. The number of alkyl halides is 1. The van der Waals surface area contributed by atoms with Crippen LogP contribution in [0.4, 0.5) is 0 Å². The van der Waals surface area contributed by atoms with Gasteiger partial charge in [0.05, 0.1) is 22.4 Å². The van der Waals surface area contributed by atoms with Crippen LogP contribution in [0.3, 0.4) is 0 Å². The summed E-state index contributed by atoms with van der Waals surface area (Å²) in [5, 5.41) is 1.96.